The maximum atomic E-state index is 13.1. The van der Waals surface area contributed by atoms with Crippen molar-refractivity contribution in [2.45, 2.75) is 6.92 Å². The van der Waals surface area contributed by atoms with Gasteiger partial charge < -0.3 is 9.80 Å². The smallest absolute Gasteiger partial charge is 0.254 e. The summed E-state index contributed by atoms with van der Waals surface area (Å²) >= 11 is 0. The van der Waals surface area contributed by atoms with Crippen LogP contribution in [0.5, 0.6) is 0 Å². The maximum absolute atomic E-state index is 13.1. The number of hydrogen-bond donors (Lipinski definition) is 0. The van der Waals surface area contributed by atoms with E-state index < -0.39 is 0 Å². The second-order valence-electron chi connectivity index (χ2n) is 7.98. The molecule has 0 aliphatic carbocycles. The van der Waals surface area contributed by atoms with Gasteiger partial charge in [0.15, 0.2) is 0 Å². The lowest BCUT2D eigenvalue weighted by Crippen LogP contribution is -2.50. The highest BCUT2D eigenvalue weighted by atomic mass is 16.2. The molecule has 3 aromatic carbocycles. The Kier molecular flexibility index (Phi) is 5.19. The Morgan fingerprint density at radius 1 is 0.719 bits per heavy atom. The van der Waals surface area contributed by atoms with Crippen LogP contribution in [0.15, 0.2) is 78.9 Å². The normalized spacial score (nSPS) is 14.0. The number of amides is 2. The van der Waals surface area contributed by atoms with E-state index in [-0.39, 0.29) is 11.8 Å². The topological polar surface area (TPSA) is 58.4 Å². The Labute approximate surface area is 186 Å². The summed E-state index contributed by atoms with van der Waals surface area (Å²) in [5.41, 5.74) is 4.13. The van der Waals surface area contributed by atoms with Gasteiger partial charge in [-0.2, -0.15) is 0 Å². The molecule has 0 unspecified atom stereocenters. The molecule has 0 N–H and O–H groups in total. The third-order valence-corrected chi connectivity index (χ3v) is 5.96. The first-order valence-electron chi connectivity index (χ1n) is 10.8. The molecule has 6 heteroatoms. The minimum atomic E-state index is -0.0226. The molecule has 5 rings (SSSR count). The SMILES string of the molecule is Cc1nc2cc(C(=O)N3CCN(C(=O)c4ccccc4)CC3)ccc2n1-c1ccccc1. The van der Waals surface area contributed by atoms with Crippen molar-refractivity contribution in [3.63, 3.8) is 0 Å². The monoisotopic (exact) mass is 424 g/mol. The maximum Gasteiger partial charge on any atom is 0.254 e. The second kappa shape index (κ2) is 8.30. The van der Waals surface area contributed by atoms with Crippen LogP contribution in [-0.2, 0) is 0 Å². The van der Waals surface area contributed by atoms with E-state index in [1.807, 2.05) is 95.6 Å². The first kappa shape index (κ1) is 20.0. The number of rotatable bonds is 3. The number of fused-ring (bicyclic) bond motifs is 1. The van der Waals surface area contributed by atoms with Crippen molar-refractivity contribution in [3.8, 4) is 5.69 Å². The lowest BCUT2D eigenvalue weighted by molar-refractivity contribution is 0.0535. The van der Waals surface area contributed by atoms with Crippen molar-refractivity contribution in [3.05, 3.63) is 95.8 Å². The molecule has 0 atom stereocenters. The van der Waals surface area contributed by atoms with Crippen LogP contribution in [0, 0.1) is 6.92 Å². The third-order valence-electron chi connectivity index (χ3n) is 5.96. The number of imidazole rings is 1. The third kappa shape index (κ3) is 3.64. The zero-order chi connectivity index (χ0) is 22.1. The zero-order valence-corrected chi connectivity index (χ0v) is 17.9. The van der Waals surface area contributed by atoms with Gasteiger partial charge in [0.05, 0.1) is 11.0 Å². The van der Waals surface area contributed by atoms with Gasteiger partial charge in [-0.1, -0.05) is 36.4 Å². The first-order valence-corrected chi connectivity index (χ1v) is 10.8. The van der Waals surface area contributed by atoms with Crippen LogP contribution in [-0.4, -0.2) is 57.3 Å². The van der Waals surface area contributed by atoms with E-state index in [2.05, 4.69) is 9.55 Å². The summed E-state index contributed by atoms with van der Waals surface area (Å²) in [5, 5.41) is 0. The van der Waals surface area contributed by atoms with Gasteiger partial charge in [0.2, 0.25) is 0 Å². The number of carbonyl (C=O) groups is 2. The van der Waals surface area contributed by atoms with Crippen LogP contribution < -0.4 is 0 Å². The number of hydrogen-bond acceptors (Lipinski definition) is 3. The number of piperazine rings is 1. The summed E-state index contributed by atoms with van der Waals surface area (Å²) in [6.45, 7) is 4.07. The Balaban J connectivity index is 1.32. The van der Waals surface area contributed by atoms with E-state index >= 15 is 0 Å². The first-order chi connectivity index (χ1) is 15.6. The van der Waals surface area contributed by atoms with Gasteiger partial charge >= 0.3 is 0 Å². The van der Waals surface area contributed by atoms with E-state index in [0.29, 0.717) is 37.3 Å². The molecule has 4 aromatic rings. The molecular formula is C26H24N4O2. The largest absolute Gasteiger partial charge is 0.335 e. The highest BCUT2D eigenvalue weighted by Crippen LogP contribution is 2.23. The van der Waals surface area contributed by atoms with E-state index in [0.717, 1.165) is 22.5 Å². The van der Waals surface area contributed by atoms with Crippen molar-refractivity contribution in [2.24, 2.45) is 0 Å². The number of para-hydroxylation sites is 1. The average Bonchev–Trinajstić information content (AvgIpc) is 3.19. The summed E-state index contributed by atoms with van der Waals surface area (Å²) in [4.78, 5) is 34.1. The highest BCUT2D eigenvalue weighted by Gasteiger charge is 2.26. The number of carbonyl (C=O) groups excluding carboxylic acids is 2. The quantitative estimate of drug-likeness (QED) is 0.501. The van der Waals surface area contributed by atoms with Gasteiger partial charge in [0.1, 0.15) is 5.82 Å². The molecule has 1 saturated heterocycles. The minimum Gasteiger partial charge on any atom is -0.335 e. The van der Waals surface area contributed by atoms with E-state index in [4.69, 9.17) is 0 Å². The molecule has 2 amide bonds. The van der Waals surface area contributed by atoms with Crippen LogP contribution in [0.25, 0.3) is 16.7 Å². The van der Waals surface area contributed by atoms with Crippen LogP contribution in [0.2, 0.25) is 0 Å². The molecule has 2 heterocycles. The van der Waals surface area contributed by atoms with Crippen molar-refractivity contribution in [1.29, 1.82) is 0 Å². The summed E-state index contributed by atoms with van der Waals surface area (Å²) in [6, 6.07) is 25.1. The van der Waals surface area contributed by atoms with Gasteiger partial charge in [-0.3, -0.25) is 14.2 Å². The molecular weight excluding hydrogens is 400 g/mol. The van der Waals surface area contributed by atoms with Gasteiger partial charge in [0, 0.05) is 43.0 Å². The fourth-order valence-electron chi connectivity index (χ4n) is 4.30. The van der Waals surface area contributed by atoms with Crippen LogP contribution in [0.4, 0.5) is 0 Å². The molecule has 0 radical (unpaired) electrons. The van der Waals surface area contributed by atoms with Crippen LogP contribution in [0.1, 0.15) is 26.5 Å². The molecule has 1 aromatic heterocycles. The van der Waals surface area contributed by atoms with Gasteiger partial charge in [0.25, 0.3) is 11.8 Å². The summed E-state index contributed by atoms with van der Waals surface area (Å²) in [7, 11) is 0. The lowest BCUT2D eigenvalue weighted by Gasteiger charge is -2.34. The predicted octanol–water partition coefficient (Wildman–Crippen LogP) is 3.93. The summed E-state index contributed by atoms with van der Waals surface area (Å²) in [5.74, 6) is 0.871. The van der Waals surface area contributed by atoms with E-state index in [1.165, 1.54) is 0 Å². The van der Waals surface area contributed by atoms with E-state index in [1.54, 1.807) is 0 Å². The van der Waals surface area contributed by atoms with Gasteiger partial charge in [-0.15, -0.1) is 0 Å². The molecule has 1 fully saturated rings. The Morgan fingerprint density at radius 3 is 1.91 bits per heavy atom. The predicted molar refractivity (Wildman–Crippen MR) is 124 cm³/mol. The Morgan fingerprint density at radius 2 is 1.28 bits per heavy atom. The van der Waals surface area contributed by atoms with Gasteiger partial charge in [-0.25, -0.2) is 4.98 Å². The molecule has 1 aliphatic rings. The van der Waals surface area contributed by atoms with Crippen molar-refractivity contribution in [1.82, 2.24) is 19.4 Å². The average molecular weight is 425 g/mol. The molecule has 6 nitrogen and oxygen atoms in total. The molecule has 160 valence electrons. The number of aryl methyl sites for hydroxylation is 1. The number of aromatic nitrogens is 2. The molecule has 0 saturated carbocycles. The Bertz CT molecular complexity index is 1270. The van der Waals surface area contributed by atoms with Crippen LogP contribution >= 0.6 is 0 Å². The molecule has 0 spiro atoms. The van der Waals surface area contributed by atoms with Crippen molar-refractivity contribution < 1.29 is 9.59 Å². The standard InChI is InChI=1S/C26H24N4O2/c1-19-27-23-18-21(12-13-24(23)30(19)22-10-6-3-7-11-22)26(32)29-16-14-28(15-17-29)25(31)20-8-4-2-5-9-20/h2-13,18H,14-17H2,1H3. The van der Waals surface area contributed by atoms with Crippen LogP contribution in [0.3, 0.4) is 0 Å². The van der Waals surface area contributed by atoms with Crippen molar-refractivity contribution in [2.75, 3.05) is 26.2 Å². The summed E-state index contributed by atoms with van der Waals surface area (Å²) < 4.78 is 2.09. The molecule has 1 aliphatic heterocycles. The van der Waals surface area contributed by atoms with E-state index in [9.17, 15) is 9.59 Å². The lowest BCUT2D eigenvalue weighted by atomic mass is 10.1. The fraction of sp³-hybridized carbons (Fsp3) is 0.192. The van der Waals surface area contributed by atoms with Gasteiger partial charge in [-0.05, 0) is 49.4 Å². The minimum absolute atomic E-state index is 0.0149. The fourth-order valence-corrected chi connectivity index (χ4v) is 4.30. The van der Waals surface area contributed by atoms with Crippen molar-refractivity contribution >= 4 is 22.8 Å². The molecule has 32 heavy (non-hydrogen) atoms. The second-order valence-corrected chi connectivity index (χ2v) is 7.98. The zero-order valence-electron chi connectivity index (χ0n) is 17.9. The number of benzene rings is 3. The Hall–Kier alpha value is -3.93. The molecule has 0 bridgehead atoms. The number of nitrogens with zero attached hydrogens (tertiary/aromatic N) is 4. The highest BCUT2D eigenvalue weighted by molar-refractivity contribution is 5.98. The summed E-state index contributed by atoms with van der Waals surface area (Å²) in [6.07, 6.45) is 0.